The Morgan fingerprint density at radius 2 is 2.09 bits per heavy atom. The maximum absolute atomic E-state index is 11.9. The largest absolute Gasteiger partial charge is 0.484 e. The molecule has 5 nitrogen and oxygen atoms in total. The minimum absolute atomic E-state index is 0.0583. The highest BCUT2D eigenvalue weighted by Gasteiger charge is 2.13. The van der Waals surface area contributed by atoms with E-state index in [1.54, 1.807) is 13.0 Å². The number of aromatic nitrogens is 1. The zero-order valence-corrected chi connectivity index (χ0v) is 14.8. The number of amides is 1. The van der Waals surface area contributed by atoms with Crippen molar-refractivity contribution >= 4 is 44.1 Å². The molecular formula is C15H15BrN2O3S. The van der Waals surface area contributed by atoms with E-state index in [1.165, 1.54) is 18.3 Å². The lowest BCUT2D eigenvalue weighted by atomic mass is 10.2. The Balaban J connectivity index is 1.94. The number of nitrogens with one attached hydrogen (secondary N) is 1. The molecule has 0 saturated carbocycles. The van der Waals surface area contributed by atoms with Crippen molar-refractivity contribution in [2.24, 2.45) is 0 Å². The zero-order valence-electron chi connectivity index (χ0n) is 12.4. The smallest absolute Gasteiger partial charge is 0.264 e. The summed E-state index contributed by atoms with van der Waals surface area (Å²) in [5.41, 5.74) is 1.65. The molecule has 0 radical (unpaired) electrons. The number of hydrogen-bond acceptors (Lipinski definition) is 5. The van der Waals surface area contributed by atoms with Gasteiger partial charge in [0.1, 0.15) is 5.75 Å². The SMILES string of the molecule is CC(=O)c1sc(NC(=O)COc2ccc(Br)c(C)c2)nc1C. The Morgan fingerprint density at radius 3 is 2.68 bits per heavy atom. The van der Waals surface area contributed by atoms with Gasteiger partial charge in [0.2, 0.25) is 0 Å². The summed E-state index contributed by atoms with van der Waals surface area (Å²) in [6, 6.07) is 5.50. The number of benzene rings is 1. The van der Waals surface area contributed by atoms with Crippen LogP contribution in [-0.4, -0.2) is 23.3 Å². The Labute approximate surface area is 140 Å². The van der Waals surface area contributed by atoms with Gasteiger partial charge in [0.15, 0.2) is 17.5 Å². The van der Waals surface area contributed by atoms with Crippen LogP contribution in [0.2, 0.25) is 0 Å². The van der Waals surface area contributed by atoms with Gasteiger partial charge in [-0.15, -0.1) is 0 Å². The molecule has 116 valence electrons. The van der Waals surface area contributed by atoms with Crippen molar-refractivity contribution in [2.45, 2.75) is 20.8 Å². The topological polar surface area (TPSA) is 68.3 Å². The number of nitrogens with zero attached hydrogens (tertiary/aromatic N) is 1. The summed E-state index contributed by atoms with van der Waals surface area (Å²) in [5, 5.41) is 3.04. The standard InChI is InChI=1S/C15H15BrN2O3S/c1-8-6-11(4-5-12(8)16)21-7-13(20)18-15-17-9(2)14(22-15)10(3)19/h4-6H,7H2,1-3H3,(H,17,18,20). The molecule has 7 heteroatoms. The van der Waals surface area contributed by atoms with Crippen LogP contribution >= 0.6 is 27.3 Å². The normalized spacial score (nSPS) is 10.4. The van der Waals surface area contributed by atoms with E-state index in [4.69, 9.17) is 4.74 Å². The molecule has 2 aromatic rings. The third kappa shape index (κ3) is 4.14. The van der Waals surface area contributed by atoms with Crippen molar-refractivity contribution in [3.63, 3.8) is 0 Å². The Morgan fingerprint density at radius 1 is 1.36 bits per heavy atom. The average Bonchev–Trinajstić information content (AvgIpc) is 2.81. The van der Waals surface area contributed by atoms with Gasteiger partial charge in [-0.25, -0.2) is 4.98 Å². The fourth-order valence-corrected chi connectivity index (χ4v) is 2.91. The van der Waals surface area contributed by atoms with E-state index in [0.717, 1.165) is 10.0 Å². The molecule has 0 aliphatic rings. The monoisotopic (exact) mass is 382 g/mol. The molecule has 0 bridgehead atoms. The summed E-state index contributed by atoms with van der Waals surface area (Å²) >= 11 is 4.57. The molecule has 0 aliphatic carbocycles. The second kappa shape index (κ2) is 7.02. The molecule has 0 atom stereocenters. The van der Waals surface area contributed by atoms with Crippen molar-refractivity contribution in [3.8, 4) is 5.75 Å². The van der Waals surface area contributed by atoms with Gasteiger partial charge < -0.3 is 4.74 Å². The highest BCUT2D eigenvalue weighted by atomic mass is 79.9. The van der Waals surface area contributed by atoms with Crippen LogP contribution in [0.15, 0.2) is 22.7 Å². The molecule has 1 N–H and O–H groups in total. The van der Waals surface area contributed by atoms with E-state index in [9.17, 15) is 9.59 Å². The lowest BCUT2D eigenvalue weighted by Crippen LogP contribution is -2.20. The van der Waals surface area contributed by atoms with Crippen LogP contribution < -0.4 is 10.1 Å². The summed E-state index contributed by atoms with van der Waals surface area (Å²) in [5.74, 6) is 0.247. The van der Waals surface area contributed by atoms with E-state index in [2.05, 4.69) is 26.2 Å². The van der Waals surface area contributed by atoms with Gasteiger partial charge in [-0.3, -0.25) is 14.9 Å². The van der Waals surface area contributed by atoms with Crippen molar-refractivity contribution in [1.29, 1.82) is 0 Å². The van der Waals surface area contributed by atoms with Crippen molar-refractivity contribution < 1.29 is 14.3 Å². The maximum atomic E-state index is 11.9. The van der Waals surface area contributed by atoms with Gasteiger partial charge in [0.05, 0.1) is 10.6 Å². The van der Waals surface area contributed by atoms with Gasteiger partial charge in [-0.05, 0) is 37.6 Å². The first-order valence-electron chi connectivity index (χ1n) is 6.54. The molecule has 0 spiro atoms. The van der Waals surface area contributed by atoms with Crippen molar-refractivity contribution in [1.82, 2.24) is 4.98 Å². The van der Waals surface area contributed by atoms with Crippen LogP contribution in [0.25, 0.3) is 0 Å². The van der Waals surface area contributed by atoms with Crippen LogP contribution in [0.4, 0.5) is 5.13 Å². The molecule has 0 unspecified atom stereocenters. The molecule has 1 amide bonds. The van der Waals surface area contributed by atoms with Crippen LogP contribution in [0.1, 0.15) is 27.9 Å². The van der Waals surface area contributed by atoms with Gasteiger partial charge in [-0.2, -0.15) is 0 Å². The summed E-state index contributed by atoms with van der Waals surface area (Å²) < 4.78 is 6.42. The first kappa shape index (κ1) is 16.6. The molecule has 1 heterocycles. The number of carbonyl (C=O) groups excluding carboxylic acids is 2. The second-order valence-electron chi connectivity index (χ2n) is 4.74. The summed E-state index contributed by atoms with van der Waals surface area (Å²) in [7, 11) is 0. The highest BCUT2D eigenvalue weighted by Crippen LogP contribution is 2.23. The van der Waals surface area contributed by atoms with Gasteiger partial charge in [0.25, 0.3) is 5.91 Å². The first-order valence-corrected chi connectivity index (χ1v) is 8.15. The van der Waals surface area contributed by atoms with Crippen LogP contribution in [0.5, 0.6) is 5.75 Å². The molecule has 1 aromatic carbocycles. The zero-order chi connectivity index (χ0) is 16.3. The summed E-state index contributed by atoms with van der Waals surface area (Å²) in [4.78, 5) is 27.9. The van der Waals surface area contributed by atoms with Crippen LogP contribution in [-0.2, 0) is 4.79 Å². The molecule has 22 heavy (non-hydrogen) atoms. The lowest BCUT2D eigenvalue weighted by Gasteiger charge is -2.07. The third-order valence-electron chi connectivity index (χ3n) is 2.86. The third-order valence-corrected chi connectivity index (χ3v) is 4.93. The predicted octanol–water partition coefficient (Wildman–Crippen LogP) is 3.74. The number of rotatable bonds is 5. The number of hydrogen-bond donors (Lipinski definition) is 1. The molecule has 2 rings (SSSR count). The van der Waals surface area contributed by atoms with E-state index in [0.29, 0.717) is 21.5 Å². The Hall–Kier alpha value is -1.73. The Bertz CT molecular complexity index is 728. The first-order chi connectivity index (χ1) is 10.4. The van der Waals surface area contributed by atoms with E-state index in [1.807, 2.05) is 19.1 Å². The van der Waals surface area contributed by atoms with E-state index >= 15 is 0 Å². The minimum Gasteiger partial charge on any atom is -0.484 e. The van der Waals surface area contributed by atoms with E-state index < -0.39 is 0 Å². The summed E-state index contributed by atoms with van der Waals surface area (Å²) in [6.45, 7) is 5.04. The fraction of sp³-hybridized carbons (Fsp3) is 0.267. The number of anilines is 1. The quantitative estimate of drug-likeness (QED) is 0.799. The Kier molecular flexibility index (Phi) is 5.31. The fourth-order valence-electron chi connectivity index (χ4n) is 1.79. The molecular weight excluding hydrogens is 368 g/mol. The highest BCUT2D eigenvalue weighted by molar-refractivity contribution is 9.10. The molecule has 1 aromatic heterocycles. The summed E-state index contributed by atoms with van der Waals surface area (Å²) in [6.07, 6.45) is 0. The molecule has 0 saturated heterocycles. The average molecular weight is 383 g/mol. The molecule has 0 fully saturated rings. The van der Waals surface area contributed by atoms with Crippen molar-refractivity contribution in [3.05, 3.63) is 38.8 Å². The number of carbonyl (C=O) groups is 2. The van der Waals surface area contributed by atoms with Gasteiger partial charge >= 0.3 is 0 Å². The van der Waals surface area contributed by atoms with Gasteiger partial charge in [0, 0.05) is 11.4 Å². The van der Waals surface area contributed by atoms with Crippen LogP contribution in [0.3, 0.4) is 0 Å². The van der Waals surface area contributed by atoms with Crippen LogP contribution in [0, 0.1) is 13.8 Å². The maximum Gasteiger partial charge on any atom is 0.264 e. The second-order valence-corrected chi connectivity index (χ2v) is 6.59. The predicted molar refractivity (Wildman–Crippen MR) is 89.9 cm³/mol. The number of thiazole rings is 1. The minimum atomic E-state index is -0.315. The number of ketones is 1. The van der Waals surface area contributed by atoms with E-state index in [-0.39, 0.29) is 18.3 Å². The number of aryl methyl sites for hydroxylation is 2. The van der Waals surface area contributed by atoms with Gasteiger partial charge in [-0.1, -0.05) is 27.3 Å². The lowest BCUT2D eigenvalue weighted by molar-refractivity contribution is -0.118. The number of Topliss-reactive ketones (excluding diaryl/α,β-unsaturated/α-hetero) is 1. The number of halogens is 1. The van der Waals surface area contributed by atoms with Crippen molar-refractivity contribution in [2.75, 3.05) is 11.9 Å². The number of ether oxygens (including phenoxy) is 1. The molecule has 0 aliphatic heterocycles.